The lowest BCUT2D eigenvalue weighted by molar-refractivity contribution is -0.384. The van der Waals surface area contributed by atoms with Crippen LogP contribution < -0.4 is 5.32 Å². The third kappa shape index (κ3) is 4.86. The average molecular weight is 331 g/mol. The minimum Gasteiger partial charge on any atom is -0.481 e. The SMILES string of the molecule is CC(C)(CCC(=O)O)Nc1ccc(Br)cc1[N+](=O)[O-]. The Hall–Kier alpha value is -1.63. The molecule has 0 aliphatic carbocycles. The first-order valence-electron chi connectivity index (χ1n) is 5.65. The first kappa shape index (κ1) is 15.4. The lowest BCUT2D eigenvalue weighted by Crippen LogP contribution is -2.31. The Balaban J connectivity index is 2.92. The standard InChI is InChI=1S/C12H15BrN2O4/c1-12(2,6-5-11(16)17)14-9-4-3-8(13)7-10(9)15(18)19/h3-4,7,14H,5-6H2,1-2H3,(H,16,17). The minimum absolute atomic E-state index is 0.00429. The van der Waals surface area contributed by atoms with Gasteiger partial charge in [0, 0.05) is 22.5 Å². The molecule has 7 heteroatoms. The van der Waals surface area contributed by atoms with Gasteiger partial charge in [0.2, 0.25) is 0 Å². The number of hydrogen-bond donors (Lipinski definition) is 2. The quantitative estimate of drug-likeness (QED) is 0.615. The summed E-state index contributed by atoms with van der Waals surface area (Å²) in [5, 5.41) is 22.7. The molecule has 0 saturated carbocycles. The summed E-state index contributed by atoms with van der Waals surface area (Å²) in [6.45, 7) is 3.61. The highest BCUT2D eigenvalue weighted by atomic mass is 79.9. The molecule has 0 aliphatic rings. The number of nitrogens with one attached hydrogen (secondary N) is 1. The van der Waals surface area contributed by atoms with E-state index in [1.54, 1.807) is 12.1 Å². The fraction of sp³-hybridized carbons (Fsp3) is 0.417. The van der Waals surface area contributed by atoms with Crippen LogP contribution in [0.4, 0.5) is 11.4 Å². The minimum atomic E-state index is -0.889. The van der Waals surface area contributed by atoms with Crippen molar-refractivity contribution >= 4 is 33.3 Å². The molecule has 19 heavy (non-hydrogen) atoms. The van der Waals surface area contributed by atoms with Crippen molar-refractivity contribution in [1.29, 1.82) is 0 Å². The van der Waals surface area contributed by atoms with E-state index in [-0.39, 0.29) is 12.1 Å². The maximum absolute atomic E-state index is 11.0. The number of rotatable bonds is 6. The van der Waals surface area contributed by atoms with E-state index in [0.717, 1.165) is 0 Å². The molecule has 0 amide bonds. The highest BCUT2D eigenvalue weighted by Gasteiger charge is 2.23. The van der Waals surface area contributed by atoms with Gasteiger partial charge in [0.15, 0.2) is 0 Å². The van der Waals surface area contributed by atoms with Gasteiger partial charge < -0.3 is 10.4 Å². The Morgan fingerprint density at radius 3 is 2.68 bits per heavy atom. The van der Waals surface area contributed by atoms with Gasteiger partial charge in [0.25, 0.3) is 5.69 Å². The van der Waals surface area contributed by atoms with Crippen LogP contribution in [-0.4, -0.2) is 21.5 Å². The maximum atomic E-state index is 11.0. The van der Waals surface area contributed by atoms with Gasteiger partial charge in [-0.1, -0.05) is 15.9 Å². The van der Waals surface area contributed by atoms with Crippen LogP contribution in [0.5, 0.6) is 0 Å². The van der Waals surface area contributed by atoms with E-state index in [0.29, 0.717) is 16.6 Å². The summed E-state index contributed by atoms with van der Waals surface area (Å²) in [4.78, 5) is 21.1. The molecular weight excluding hydrogens is 316 g/mol. The third-order valence-corrected chi connectivity index (χ3v) is 3.09. The Labute approximate surface area is 119 Å². The van der Waals surface area contributed by atoms with Crippen LogP contribution in [0.1, 0.15) is 26.7 Å². The summed E-state index contributed by atoms with van der Waals surface area (Å²) < 4.78 is 0.619. The molecule has 0 spiro atoms. The van der Waals surface area contributed by atoms with Gasteiger partial charge in [0.05, 0.1) is 4.92 Å². The van der Waals surface area contributed by atoms with Gasteiger partial charge in [-0.05, 0) is 32.4 Å². The zero-order valence-corrected chi connectivity index (χ0v) is 12.2. The normalized spacial score (nSPS) is 11.1. The maximum Gasteiger partial charge on any atom is 0.303 e. The number of aliphatic carboxylic acids is 1. The molecule has 0 unspecified atom stereocenters. The Bertz CT molecular complexity index is 503. The zero-order valence-electron chi connectivity index (χ0n) is 10.6. The number of carboxylic acids is 1. The summed E-state index contributed by atoms with van der Waals surface area (Å²) >= 11 is 3.18. The van der Waals surface area contributed by atoms with Crippen LogP contribution in [-0.2, 0) is 4.79 Å². The molecule has 1 rings (SSSR count). The molecule has 1 aromatic carbocycles. The topological polar surface area (TPSA) is 92.5 Å². The molecule has 1 aromatic rings. The number of halogens is 1. The molecule has 104 valence electrons. The van der Waals surface area contributed by atoms with Gasteiger partial charge >= 0.3 is 5.97 Å². The van der Waals surface area contributed by atoms with Crippen LogP contribution in [0.2, 0.25) is 0 Å². The summed E-state index contributed by atoms with van der Waals surface area (Å²) in [5.74, 6) is -0.889. The molecule has 0 aliphatic heterocycles. The number of nitrogens with zero attached hydrogens (tertiary/aromatic N) is 1. The van der Waals surface area contributed by atoms with Crippen molar-refractivity contribution in [3.63, 3.8) is 0 Å². The zero-order chi connectivity index (χ0) is 14.6. The van der Waals surface area contributed by atoms with E-state index < -0.39 is 16.4 Å². The molecular formula is C12H15BrN2O4. The lowest BCUT2D eigenvalue weighted by Gasteiger charge is -2.26. The van der Waals surface area contributed by atoms with E-state index in [1.807, 2.05) is 13.8 Å². The van der Waals surface area contributed by atoms with Crippen molar-refractivity contribution in [2.45, 2.75) is 32.2 Å². The summed E-state index contributed by atoms with van der Waals surface area (Å²) in [6, 6.07) is 4.71. The van der Waals surface area contributed by atoms with Crippen LogP contribution >= 0.6 is 15.9 Å². The summed E-state index contributed by atoms with van der Waals surface area (Å²) in [7, 11) is 0. The molecule has 0 heterocycles. The number of carboxylic acid groups (broad SMARTS) is 1. The molecule has 0 atom stereocenters. The Morgan fingerprint density at radius 2 is 2.16 bits per heavy atom. The number of anilines is 1. The fourth-order valence-corrected chi connectivity index (χ4v) is 1.96. The van der Waals surface area contributed by atoms with Crippen molar-refractivity contribution in [1.82, 2.24) is 0 Å². The number of benzene rings is 1. The Morgan fingerprint density at radius 1 is 1.53 bits per heavy atom. The van der Waals surface area contributed by atoms with Crippen LogP contribution in [0, 0.1) is 10.1 Å². The van der Waals surface area contributed by atoms with Crippen LogP contribution in [0.3, 0.4) is 0 Å². The largest absolute Gasteiger partial charge is 0.481 e. The first-order valence-corrected chi connectivity index (χ1v) is 6.44. The molecule has 0 radical (unpaired) electrons. The third-order valence-electron chi connectivity index (χ3n) is 2.59. The summed E-state index contributed by atoms with van der Waals surface area (Å²) in [6.07, 6.45) is 0.375. The summed E-state index contributed by atoms with van der Waals surface area (Å²) in [5.41, 5.74) is -0.210. The van der Waals surface area contributed by atoms with Gasteiger partial charge in [-0.15, -0.1) is 0 Å². The van der Waals surface area contributed by atoms with Crippen molar-refractivity contribution in [2.75, 3.05) is 5.32 Å². The monoisotopic (exact) mass is 330 g/mol. The first-order chi connectivity index (χ1) is 8.71. The Kier molecular flexibility index (Phi) is 4.88. The number of nitro benzene ring substituents is 1. The molecule has 0 aromatic heterocycles. The van der Waals surface area contributed by atoms with E-state index >= 15 is 0 Å². The van der Waals surface area contributed by atoms with Gasteiger partial charge in [-0.2, -0.15) is 0 Å². The molecule has 0 fully saturated rings. The number of nitro groups is 1. The van der Waals surface area contributed by atoms with Crippen molar-refractivity contribution in [3.8, 4) is 0 Å². The predicted octanol–water partition coefficient (Wildman–Crippen LogP) is 3.41. The van der Waals surface area contributed by atoms with Crippen molar-refractivity contribution in [2.24, 2.45) is 0 Å². The molecule has 0 saturated heterocycles. The van der Waals surface area contributed by atoms with Crippen LogP contribution in [0.15, 0.2) is 22.7 Å². The van der Waals surface area contributed by atoms with E-state index in [9.17, 15) is 14.9 Å². The molecule has 6 nitrogen and oxygen atoms in total. The second-order valence-electron chi connectivity index (χ2n) is 4.82. The second kappa shape index (κ2) is 6.01. The highest BCUT2D eigenvalue weighted by molar-refractivity contribution is 9.10. The molecule has 2 N–H and O–H groups in total. The average Bonchev–Trinajstić information content (AvgIpc) is 2.28. The van der Waals surface area contributed by atoms with E-state index in [4.69, 9.17) is 5.11 Å². The van der Waals surface area contributed by atoms with Crippen molar-refractivity contribution in [3.05, 3.63) is 32.8 Å². The van der Waals surface area contributed by atoms with E-state index in [1.165, 1.54) is 6.07 Å². The smallest absolute Gasteiger partial charge is 0.303 e. The second-order valence-corrected chi connectivity index (χ2v) is 5.74. The fourth-order valence-electron chi connectivity index (χ4n) is 1.61. The highest BCUT2D eigenvalue weighted by Crippen LogP contribution is 2.31. The predicted molar refractivity (Wildman–Crippen MR) is 75.4 cm³/mol. The van der Waals surface area contributed by atoms with E-state index in [2.05, 4.69) is 21.2 Å². The van der Waals surface area contributed by atoms with Crippen LogP contribution in [0.25, 0.3) is 0 Å². The van der Waals surface area contributed by atoms with Gasteiger partial charge in [-0.25, -0.2) is 0 Å². The number of carbonyl (C=O) groups is 1. The molecule has 0 bridgehead atoms. The lowest BCUT2D eigenvalue weighted by atomic mass is 9.97. The number of hydrogen-bond acceptors (Lipinski definition) is 4. The van der Waals surface area contributed by atoms with Gasteiger partial charge in [0.1, 0.15) is 5.69 Å². The van der Waals surface area contributed by atoms with Crippen molar-refractivity contribution < 1.29 is 14.8 Å². The van der Waals surface area contributed by atoms with Gasteiger partial charge in [-0.3, -0.25) is 14.9 Å².